The lowest BCUT2D eigenvalue weighted by atomic mass is 10.2. The third-order valence-electron chi connectivity index (χ3n) is 3.42. The van der Waals surface area contributed by atoms with Crippen molar-refractivity contribution in [2.75, 3.05) is 19.8 Å². The molecule has 0 aliphatic carbocycles. The Bertz CT molecular complexity index is 638. The van der Waals surface area contributed by atoms with Crippen LogP contribution >= 0.6 is 0 Å². The van der Waals surface area contributed by atoms with Crippen LogP contribution in [0.5, 0.6) is 11.5 Å². The van der Waals surface area contributed by atoms with Gasteiger partial charge in [-0.1, -0.05) is 36.4 Å². The van der Waals surface area contributed by atoms with Crippen molar-refractivity contribution in [1.82, 2.24) is 4.90 Å². The molecule has 0 aromatic heterocycles. The Morgan fingerprint density at radius 2 is 1.67 bits per heavy atom. The first-order valence-corrected chi connectivity index (χ1v) is 8.01. The Morgan fingerprint density at radius 1 is 1.04 bits per heavy atom. The summed E-state index contributed by atoms with van der Waals surface area (Å²) in [5.41, 5.74) is 1.08. The van der Waals surface area contributed by atoms with E-state index in [1.54, 1.807) is 23.1 Å². The minimum Gasteiger partial charge on any atom is -0.494 e. The number of carbonyl (C=O) groups excluding carboxylic acids is 1. The molecule has 1 amide bonds. The summed E-state index contributed by atoms with van der Waals surface area (Å²) in [5, 5.41) is 0. The summed E-state index contributed by atoms with van der Waals surface area (Å²) in [7, 11) is 0. The normalized spacial score (nSPS) is 10.0. The van der Waals surface area contributed by atoms with Crippen LogP contribution in [0, 0.1) is 0 Å². The average Bonchev–Trinajstić information content (AvgIpc) is 2.62. The van der Waals surface area contributed by atoms with Crippen LogP contribution < -0.4 is 9.47 Å². The Morgan fingerprint density at radius 3 is 2.25 bits per heavy atom. The van der Waals surface area contributed by atoms with Crippen molar-refractivity contribution < 1.29 is 14.3 Å². The van der Waals surface area contributed by atoms with E-state index in [1.807, 2.05) is 49.4 Å². The molecule has 0 N–H and O–H groups in total. The SMILES string of the molecule is C=CCN(Cc1ccccc1)C(=O)COc1ccc(OCC)cc1. The number of rotatable bonds is 9. The van der Waals surface area contributed by atoms with Crippen molar-refractivity contribution in [3.8, 4) is 11.5 Å². The lowest BCUT2D eigenvalue weighted by molar-refractivity contribution is -0.133. The molecule has 2 rings (SSSR count). The molecule has 0 unspecified atom stereocenters. The van der Waals surface area contributed by atoms with Gasteiger partial charge in [-0.05, 0) is 36.8 Å². The molecular formula is C20H23NO3. The van der Waals surface area contributed by atoms with Crippen LogP contribution in [-0.2, 0) is 11.3 Å². The second kappa shape index (κ2) is 9.40. The topological polar surface area (TPSA) is 38.8 Å². The maximum Gasteiger partial charge on any atom is 0.261 e. The highest BCUT2D eigenvalue weighted by atomic mass is 16.5. The molecule has 0 heterocycles. The summed E-state index contributed by atoms with van der Waals surface area (Å²) in [6.45, 7) is 7.30. The highest BCUT2D eigenvalue weighted by molar-refractivity contribution is 5.78. The van der Waals surface area contributed by atoms with Gasteiger partial charge in [-0.15, -0.1) is 6.58 Å². The number of amides is 1. The minimum absolute atomic E-state index is 0.00530. The van der Waals surface area contributed by atoms with Crippen LogP contribution in [0.25, 0.3) is 0 Å². The number of hydrogen-bond donors (Lipinski definition) is 0. The van der Waals surface area contributed by atoms with E-state index in [1.165, 1.54) is 0 Å². The zero-order valence-electron chi connectivity index (χ0n) is 14.0. The third kappa shape index (κ3) is 5.47. The van der Waals surface area contributed by atoms with Crippen molar-refractivity contribution in [3.05, 3.63) is 72.8 Å². The van der Waals surface area contributed by atoms with Crippen molar-refractivity contribution >= 4 is 5.91 Å². The Balaban J connectivity index is 1.91. The highest BCUT2D eigenvalue weighted by Crippen LogP contribution is 2.17. The summed E-state index contributed by atoms with van der Waals surface area (Å²) in [5.74, 6) is 1.35. The Hall–Kier alpha value is -2.75. The molecule has 0 aliphatic heterocycles. The smallest absolute Gasteiger partial charge is 0.261 e. The number of hydrogen-bond acceptors (Lipinski definition) is 3. The van der Waals surface area contributed by atoms with E-state index in [-0.39, 0.29) is 12.5 Å². The number of benzene rings is 2. The largest absolute Gasteiger partial charge is 0.494 e. The van der Waals surface area contributed by atoms with Crippen LogP contribution in [0.15, 0.2) is 67.3 Å². The predicted molar refractivity (Wildman–Crippen MR) is 95.2 cm³/mol. The zero-order chi connectivity index (χ0) is 17.2. The molecule has 0 radical (unpaired) electrons. The molecule has 2 aromatic carbocycles. The van der Waals surface area contributed by atoms with Crippen molar-refractivity contribution in [2.24, 2.45) is 0 Å². The van der Waals surface area contributed by atoms with E-state index in [4.69, 9.17) is 9.47 Å². The van der Waals surface area contributed by atoms with Gasteiger partial charge in [0.15, 0.2) is 6.61 Å². The standard InChI is InChI=1S/C20H23NO3/c1-3-14-21(15-17-8-6-5-7-9-17)20(22)16-24-19-12-10-18(11-13-19)23-4-2/h3,5-13H,1,4,14-16H2,2H3. The first kappa shape index (κ1) is 17.6. The molecule has 24 heavy (non-hydrogen) atoms. The molecule has 0 aliphatic rings. The summed E-state index contributed by atoms with van der Waals surface area (Å²) >= 11 is 0. The third-order valence-corrected chi connectivity index (χ3v) is 3.42. The predicted octanol–water partition coefficient (Wildman–Crippen LogP) is 3.68. The Labute approximate surface area is 143 Å². The van der Waals surface area contributed by atoms with E-state index in [9.17, 15) is 4.79 Å². The Kier molecular flexibility index (Phi) is 6.90. The second-order valence-electron chi connectivity index (χ2n) is 5.24. The molecule has 0 saturated heterocycles. The summed E-state index contributed by atoms with van der Waals surface area (Å²) in [6.07, 6.45) is 1.72. The van der Waals surface area contributed by atoms with Crippen LogP contribution in [0.2, 0.25) is 0 Å². The van der Waals surface area contributed by atoms with Gasteiger partial charge < -0.3 is 14.4 Å². The van der Waals surface area contributed by atoms with E-state index in [2.05, 4.69) is 6.58 Å². The average molecular weight is 325 g/mol. The second-order valence-corrected chi connectivity index (χ2v) is 5.24. The number of ether oxygens (including phenoxy) is 2. The molecule has 4 nitrogen and oxygen atoms in total. The van der Waals surface area contributed by atoms with Gasteiger partial charge in [0, 0.05) is 13.1 Å². The molecule has 0 bridgehead atoms. The molecule has 126 valence electrons. The molecule has 4 heteroatoms. The molecule has 0 saturated carbocycles. The lowest BCUT2D eigenvalue weighted by Crippen LogP contribution is -2.34. The van der Waals surface area contributed by atoms with Gasteiger partial charge in [-0.2, -0.15) is 0 Å². The number of nitrogens with zero attached hydrogens (tertiary/aromatic N) is 1. The fourth-order valence-corrected chi connectivity index (χ4v) is 2.25. The maximum atomic E-state index is 12.4. The lowest BCUT2D eigenvalue weighted by Gasteiger charge is -2.21. The first-order valence-electron chi connectivity index (χ1n) is 8.01. The molecule has 0 fully saturated rings. The van der Waals surface area contributed by atoms with E-state index < -0.39 is 0 Å². The molecule has 0 spiro atoms. The van der Waals surface area contributed by atoms with Gasteiger partial charge in [0.25, 0.3) is 5.91 Å². The molecular weight excluding hydrogens is 302 g/mol. The van der Waals surface area contributed by atoms with Gasteiger partial charge in [0.05, 0.1) is 6.61 Å². The van der Waals surface area contributed by atoms with E-state index in [0.29, 0.717) is 25.4 Å². The van der Waals surface area contributed by atoms with Crippen molar-refractivity contribution in [2.45, 2.75) is 13.5 Å². The van der Waals surface area contributed by atoms with Gasteiger partial charge in [-0.3, -0.25) is 4.79 Å². The first-order chi connectivity index (χ1) is 11.7. The van der Waals surface area contributed by atoms with Crippen LogP contribution in [0.1, 0.15) is 12.5 Å². The van der Waals surface area contributed by atoms with Crippen molar-refractivity contribution in [3.63, 3.8) is 0 Å². The van der Waals surface area contributed by atoms with Gasteiger partial charge in [0.2, 0.25) is 0 Å². The van der Waals surface area contributed by atoms with Crippen LogP contribution in [-0.4, -0.2) is 30.6 Å². The van der Waals surface area contributed by atoms with Gasteiger partial charge in [0.1, 0.15) is 11.5 Å². The fourth-order valence-electron chi connectivity index (χ4n) is 2.25. The quantitative estimate of drug-likeness (QED) is 0.660. The molecule has 2 aromatic rings. The van der Waals surface area contributed by atoms with Crippen LogP contribution in [0.3, 0.4) is 0 Å². The zero-order valence-corrected chi connectivity index (χ0v) is 14.0. The number of carbonyl (C=O) groups is 1. The maximum absolute atomic E-state index is 12.4. The fraction of sp³-hybridized carbons (Fsp3) is 0.250. The minimum atomic E-state index is -0.0763. The monoisotopic (exact) mass is 325 g/mol. The van der Waals surface area contributed by atoms with E-state index >= 15 is 0 Å². The van der Waals surface area contributed by atoms with Crippen molar-refractivity contribution in [1.29, 1.82) is 0 Å². The molecule has 0 atom stereocenters. The van der Waals surface area contributed by atoms with Gasteiger partial charge >= 0.3 is 0 Å². The summed E-state index contributed by atoms with van der Waals surface area (Å²) in [6, 6.07) is 17.1. The van der Waals surface area contributed by atoms with Gasteiger partial charge in [-0.25, -0.2) is 0 Å². The summed E-state index contributed by atoms with van der Waals surface area (Å²) in [4.78, 5) is 14.1. The van der Waals surface area contributed by atoms with E-state index in [0.717, 1.165) is 11.3 Å². The summed E-state index contributed by atoms with van der Waals surface area (Å²) < 4.78 is 11.0. The van der Waals surface area contributed by atoms with Crippen LogP contribution in [0.4, 0.5) is 0 Å². The highest BCUT2D eigenvalue weighted by Gasteiger charge is 2.13.